The number of carbonyl (C=O) groups is 1. The van der Waals surface area contributed by atoms with Crippen molar-refractivity contribution in [2.45, 2.75) is 6.92 Å². The van der Waals surface area contributed by atoms with Gasteiger partial charge in [0.05, 0.1) is 11.4 Å². The SMILES string of the molecule is Cc1nn(-c2ccc3ccccc3c2)nc1C(=O)O. The van der Waals surface area contributed by atoms with Gasteiger partial charge in [0.25, 0.3) is 0 Å². The molecule has 2 aromatic carbocycles. The lowest BCUT2D eigenvalue weighted by Gasteiger charge is -2.02. The van der Waals surface area contributed by atoms with Crippen molar-refractivity contribution in [2.24, 2.45) is 0 Å². The van der Waals surface area contributed by atoms with Crippen LogP contribution in [0.15, 0.2) is 42.5 Å². The molecule has 5 nitrogen and oxygen atoms in total. The predicted molar refractivity (Wildman–Crippen MR) is 70.6 cm³/mol. The Labute approximate surface area is 109 Å². The van der Waals surface area contributed by atoms with Crippen molar-refractivity contribution >= 4 is 16.7 Å². The summed E-state index contributed by atoms with van der Waals surface area (Å²) in [6, 6.07) is 13.7. The minimum Gasteiger partial charge on any atom is -0.476 e. The van der Waals surface area contributed by atoms with E-state index in [0.717, 1.165) is 16.5 Å². The number of aryl methyl sites for hydroxylation is 1. The van der Waals surface area contributed by atoms with Crippen LogP contribution in [0.4, 0.5) is 0 Å². The number of carboxylic acid groups (broad SMARTS) is 1. The van der Waals surface area contributed by atoms with Gasteiger partial charge in [-0.3, -0.25) is 0 Å². The van der Waals surface area contributed by atoms with Gasteiger partial charge in [0.15, 0.2) is 5.69 Å². The number of nitrogens with zero attached hydrogens (tertiary/aromatic N) is 3. The average Bonchev–Trinajstić information content (AvgIpc) is 2.80. The molecule has 1 aromatic heterocycles. The third kappa shape index (κ3) is 1.95. The average molecular weight is 253 g/mol. The molecule has 0 fully saturated rings. The Bertz CT molecular complexity index is 777. The molecule has 94 valence electrons. The monoisotopic (exact) mass is 253 g/mol. The van der Waals surface area contributed by atoms with Crippen molar-refractivity contribution in [2.75, 3.05) is 0 Å². The molecule has 19 heavy (non-hydrogen) atoms. The number of hydrogen-bond donors (Lipinski definition) is 1. The van der Waals surface area contributed by atoms with Crippen molar-refractivity contribution < 1.29 is 9.90 Å². The summed E-state index contributed by atoms with van der Waals surface area (Å²) in [5.74, 6) is -1.07. The summed E-state index contributed by atoms with van der Waals surface area (Å²) in [6.45, 7) is 1.63. The van der Waals surface area contributed by atoms with Gasteiger partial charge >= 0.3 is 5.97 Å². The van der Waals surface area contributed by atoms with Crippen LogP contribution >= 0.6 is 0 Å². The van der Waals surface area contributed by atoms with E-state index in [1.165, 1.54) is 4.80 Å². The zero-order valence-corrected chi connectivity index (χ0v) is 10.2. The standard InChI is InChI=1S/C14H11N3O2/c1-9-13(14(18)19)16-17(15-9)12-7-6-10-4-2-3-5-11(10)8-12/h2-8H,1H3,(H,18,19). The number of rotatable bonds is 2. The fourth-order valence-electron chi connectivity index (χ4n) is 1.99. The molecule has 0 radical (unpaired) electrons. The molecule has 0 atom stereocenters. The van der Waals surface area contributed by atoms with E-state index in [4.69, 9.17) is 5.11 Å². The molecule has 0 aliphatic rings. The lowest BCUT2D eigenvalue weighted by atomic mass is 10.1. The quantitative estimate of drug-likeness (QED) is 0.761. The molecule has 0 bridgehead atoms. The molecule has 0 aliphatic carbocycles. The van der Waals surface area contributed by atoms with Gasteiger partial charge in [0.2, 0.25) is 0 Å². The summed E-state index contributed by atoms with van der Waals surface area (Å²) in [7, 11) is 0. The number of aromatic carboxylic acids is 1. The molecule has 3 rings (SSSR count). The highest BCUT2D eigenvalue weighted by Gasteiger charge is 2.14. The van der Waals surface area contributed by atoms with Crippen LogP contribution in [0.2, 0.25) is 0 Å². The summed E-state index contributed by atoms with van der Waals surface area (Å²) in [6.07, 6.45) is 0. The highest BCUT2D eigenvalue weighted by molar-refractivity contribution is 5.86. The van der Waals surface area contributed by atoms with Gasteiger partial charge in [-0.15, -0.1) is 5.10 Å². The molecule has 0 amide bonds. The number of benzene rings is 2. The van der Waals surface area contributed by atoms with E-state index in [9.17, 15) is 4.79 Å². The van der Waals surface area contributed by atoms with Gasteiger partial charge in [-0.2, -0.15) is 9.90 Å². The van der Waals surface area contributed by atoms with Gasteiger partial charge in [-0.05, 0) is 29.8 Å². The molecule has 0 unspecified atom stereocenters. The highest BCUT2D eigenvalue weighted by atomic mass is 16.4. The normalized spacial score (nSPS) is 10.8. The minimum absolute atomic E-state index is 0.0202. The molecule has 0 spiro atoms. The van der Waals surface area contributed by atoms with E-state index in [1.54, 1.807) is 6.92 Å². The summed E-state index contributed by atoms with van der Waals surface area (Å²) < 4.78 is 0. The minimum atomic E-state index is -1.07. The second-order valence-corrected chi connectivity index (χ2v) is 4.26. The van der Waals surface area contributed by atoms with Gasteiger partial charge in [0.1, 0.15) is 0 Å². The van der Waals surface area contributed by atoms with E-state index >= 15 is 0 Å². The predicted octanol–water partition coefficient (Wildman–Crippen LogP) is 2.43. The maximum atomic E-state index is 11.0. The first-order valence-electron chi connectivity index (χ1n) is 5.81. The van der Waals surface area contributed by atoms with Gasteiger partial charge in [-0.1, -0.05) is 30.3 Å². The van der Waals surface area contributed by atoms with Gasteiger partial charge in [0, 0.05) is 0 Å². The van der Waals surface area contributed by atoms with E-state index in [2.05, 4.69) is 10.2 Å². The number of fused-ring (bicyclic) bond motifs is 1. The van der Waals surface area contributed by atoms with Crippen LogP contribution in [0.5, 0.6) is 0 Å². The van der Waals surface area contributed by atoms with E-state index in [-0.39, 0.29) is 5.69 Å². The molecule has 1 N–H and O–H groups in total. The summed E-state index contributed by atoms with van der Waals surface area (Å²) in [5.41, 5.74) is 1.13. The second kappa shape index (κ2) is 4.20. The van der Waals surface area contributed by atoms with E-state index in [1.807, 2.05) is 42.5 Å². The lowest BCUT2D eigenvalue weighted by Crippen LogP contribution is -2.02. The van der Waals surface area contributed by atoms with Crippen LogP contribution in [0.25, 0.3) is 16.5 Å². The van der Waals surface area contributed by atoms with Crippen LogP contribution in [-0.4, -0.2) is 26.1 Å². The van der Waals surface area contributed by atoms with E-state index < -0.39 is 5.97 Å². The first kappa shape index (κ1) is 11.4. The number of hydrogen-bond acceptors (Lipinski definition) is 3. The molecule has 0 aliphatic heterocycles. The summed E-state index contributed by atoms with van der Waals surface area (Å²) in [4.78, 5) is 12.3. The van der Waals surface area contributed by atoms with Crippen molar-refractivity contribution in [1.29, 1.82) is 0 Å². The van der Waals surface area contributed by atoms with Crippen LogP contribution in [-0.2, 0) is 0 Å². The summed E-state index contributed by atoms with van der Waals surface area (Å²) in [5, 5.41) is 19.3. The molecular formula is C14H11N3O2. The molecule has 0 saturated heterocycles. The fraction of sp³-hybridized carbons (Fsp3) is 0.0714. The molecule has 3 aromatic rings. The Morgan fingerprint density at radius 3 is 2.53 bits per heavy atom. The Morgan fingerprint density at radius 1 is 1.11 bits per heavy atom. The smallest absolute Gasteiger partial charge is 0.358 e. The fourth-order valence-corrected chi connectivity index (χ4v) is 1.99. The third-order valence-electron chi connectivity index (χ3n) is 2.95. The van der Waals surface area contributed by atoms with Crippen LogP contribution in [0, 0.1) is 6.92 Å². The zero-order chi connectivity index (χ0) is 13.4. The summed E-state index contributed by atoms with van der Waals surface area (Å²) >= 11 is 0. The Balaban J connectivity index is 2.13. The number of carboxylic acids is 1. The topological polar surface area (TPSA) is 68.0 Å². The first-order valence-corrected chi connectivity index (χ1v) is 5.81. The van der Waals surface area contributed by atoms with Crippen LogP contribution < -0.4 is 0 Å². The Morgan fingerprint density at radius 2 is 1.84 bits per heavy atom. The maximum absolute atomic E-state index is 11.0. The van der Waals surface area contributed by atoms with Crippen molar-refractivity contribution in [3.05, 3.63) is 53.9 Å². The number of aromatic nitrogens is 3. The van der Waals surface area contributed by atoms with Crippen molar-refractivity contribution in [3.8, 4) is 5.69 Å². The largest absolute Gasteiger partial charge is 0.476 e. The van der Waals surface area contributed by atoms with Crippen molar-refractivity contribution in [1.82, 2.24) is 15.0 Å². The van der Waals surface area contributed by atoms with Crippen LogP contribution in [0.3, 0.4) is 0 Å². The maximum Gasteiger partial charge on any atom is 0.358 e. The van der Waals surface area contributed by atoms with Crippen LogP contribution in [0.1, 0.15) is 16.2 Å². The van der Waals surface area contributed by atoms with Gasteiger partial charge in [-0.25, -0.2) is 4.79 Å². The first-order chi connectivity index (χ1) is 9.15. The lowest BCUT2D eigenvalue weighted by molar-refractivity contribution is 0.0689. The zero-order valence-electron chi connectivity index (χ0n) is 10.2. The molecule has 0 saturated carbocycles. The highest BCUT2D eigenvalue weighted by Crippen LogP contribution is 2.18. The Hall–Kier alpha value is -2.69. The van der Waals surface area contributed by atoms with Crippen molar-refractivity contribution in [3.63, 3.8) is 0 Å². The molecular weight excluding hydrogens is 242 g/mol. The Kier molecular flexibility index (Phi) is 2.52. The molecule has 5 heteroatoms. The van der Waals surface area contributed by atoms with E-state index in [0.29, 0.717) is 5.69 Å². The second-order valence-electron chi connectivity index (χ2n) is 4.26. The van der Waals surface area contributed by atoms with Gasteiger partial charge < -0.3 is 5.11 Å². The molecule has 1 heterocycles. The third-order valence-corrected chi connectivity index (χ3v) is 2.95.